The lowest BCUT2D eigenvalue weighted by Gasteiger charge is -2.38. The first kappa shape index (κ1) is 8.93. The van der Waals surface area contributed by atoms with E-state index in [9.17, 15) is 5.11 Å². The lowest BCUT2D eigenvalue weighted by molar-refractivity contribution is -0.292. The van der Waals surface area contributed by atoms with Crippen LogP contribution in [0.5, 0.6) is 0 Å². The molecule has 4 heteroatoms. The smallest absolute Gasteiger partial charge is 0.198 e. The molecule has 0 aromatic heterocycles. The third kappa shape index (κ3) is 1.54. The Kier molecular flexibility index (Phi) is 2.84. The Labute approximate surface area is 67.5 Å². The van der Waals surface area contributed by atoms with E-state index in [-0.39, 0.29) is 8.03 Å². The Balaban J connectivity index is 0.00000121. The van der Waals surface area contributed by atoms with Crippen LogP contribution in [0.4, 0.5) is 0 Å². The summed E-state index contributed by atoms with van der Waals surface area (Å²) < 4.78 is 15.2. The highest BCUT2D eigenvalue weighted by atomic mass is 16.7. The Morgan fingerprint density at radius 2 is 2.18 bits per heavy atom. The summed E-state index contributed by atoms with van der Waals surface area (Å²) >= 11 is 0. The van der Waals surface area contributed by atoms with E-state index in [2.05, 4.69) is 0 Å². The summed E-state index contributed by atoms with van der Waals surface area (Å²) in [5.74, 6) is -0.849. The van der Waals surface area contributed by atoms with Gasteiger partial charge in [-0.3, -0.25) is 0 Å². The zero-order chi connectivity index (χ0) is 8.32. The molecule has 0 radical (unpaired) electrons. The first-order chi connectivity index (χ1) is 5.25. The van der Waals surface area contributed by atoms with Crippen LogP contribution in [0.15, 0.2) is 0 Å². The van der Waals surface area contributed by atoms with Crippen LogP contribution in [0.2, 0.25) is 0 Å². The molecule has 4 nitrogen and oxygen atoms in total. The van der Waals surface area contributed by atoms with Crippen LogP contribution in [0.1, 0.15) is 7.85 Å². The average molecular weight is 164 g/mol. The molecule has 0 aromatic rings. The topological polar surface area (TPSA) is 47.9 Å². The van der Waals surface area contributed by atoms with Crippen molar-refractivity contribution in [3.8, 4) is 0 Å². The standard InChI is InChI=1S/C7H14O4.H2/c1-9-7(10-2)3-4-11-5-6(7)8;/h6,8H,3-5H2,1-2H3;1H/t6-;/m1./s1. The molecule has 68 valence electrons. The third-order valence-corrected chi connectivity index (χ3v) is 2.07. The van der Waals surface area contributed by atoms with Crippen molar-refractivity contribution in [2.45, 2.75) is 18.3 Å². The van der Waals surface area contributed by atoms with Crippen LogP contribution in [0.3, 0.4) is 0 Å². The summed E-state index contributed by atoms with van der Waals surface area (Å²) in [5, 5.41) is 9.44. The summed E-state index contributed by atoms with van der Waals surface area (Å²) in [4.78, 5) is 0. The third-order valence-electron chi connectivity index (χ3n) is 2.07. The number of rotatable bonds is 2. The van der Waals surface area contributed by atoms with Gasteiger partial charge in [0.15, 0.2) is 5.79 Å². The van der Waals surface area contributed by atoms with Crippen molar-refractivity contribution < 1.29 is 20.7 Å². The predicted octanol–water partition coefficient (Wildman–Crippen LogP) is 0.00270. The van der Waals surface area contributed by atoms with Gasteiger partial charge in [0.25, 0.3) is 0 Å². The maximum absolute atomic E-state index is 9.44. The molecule has 0 aliphatic carbocycles. The highest BCUT2D eigenvalue weighted by Crippen LogP contribution is 2.25. The van der Waals surface area contributed by atoms with Crippen LogP contribution in [-0.2, 0) is 14.2 Å². The fraction of sp³-hybridized carbons (Fsp3) is 1.00. The zero-order valence-electron chi connectivity index (χ0n) is 6.87. The molecule has 1 N–H and O–H groups in total. The molecule has 0 amide bonds. The molecule has 1 fully saturated rings. The molecule has 1 aliphatic rings. The second-order valence-corrected chi connectivity index (χ2v) is 2.56. The van der Waals surface area contributed by atoms with Crippen LogP contribution in [0.25, 0.3) is 0 Å². The largest absolute Gasteiger partial charge is 0.385 e. The minimum absolute atomic E-state index is 0. The summed E-state index contributed by atoms with van der Waals surface area (Å²) in [6.07, 6.45) is -0.118. The predicted molar refractivity (Wildman–Crippen MR) is 40.3 cm³/mol. The SMILES string of the molecule is COC1(OC)CCOC[C@H]1O.[HH]. The Bertz CT molecular complexity index is 127. The van der Waals surface area contributed by atoms with Crippen molar-refractivity contribution >= 4 is 0 Å². The van der Waals surface area contributed by atoms with E-state index in [4.69, 9.17) is 14.2 Å². The van der Waals surface area contributed by atoms with Crippen LogP contribution in [0, 0.1) is 0 Å². The molecule has 1 heterocycles. The normalized spacial score (nSPS) is 30.3. The second-order valence-electron chi connectivity index (χ2n) is 2.56. The van der Waals surface area contributed by atoms with Gasteiger partial charge in [0.2, 0.25) is 0 Å². The van der Waals surface area contributed by atoms with Gasteiger partial charge >= 0.3 is 0 Å². The van der Waals surface area contributed by atoms with Crippen molar-refractivity contribution in [1.82, 2.24) is 0 Å². The van der Waals surface area contributed by atoms with E-state index in [1.54, 1.807) is 0 Å². The molecule has 0 aromatic carbocycles. The highest BCUT2D eigenvalue weighted by molar-refractivity contribution is 4.81. The lowest BCUT2D eigenvalue weighted by atomic mass is 10.1. The minimum Gasteiger partial charge on any atom is -0.385 e. The van der Waals surface area contributed by atoms with Crippen LogP contribution >= 0.6 is 0 Å². The number of aliphatic hydroxyl groups is 1. The van der Waals surface area contributed by atoms with Gasteiger partial charge in [0.1, 0.15) is 6.10 Å². The fourth-order valence-electron chi connectivity index (χ4n) is 1.26. The van der Waals surface area contributed by atoms with Gasteiger partial charge in [-0.1, -0.05) is 0 Å². The average Bonchev–Trinajstić information content (AvgIpc) is 2.06. The fourth-order valence-corrected chi connectivity index (χ4v) is 1.26. The second kappa shape index (κ2) is 3.49. The Morgan fingerprint density at radius 3 is 2.55 bits per heavy atom. The first-order valence-electron chi connectivity index (χ1n) is 3.61. The Morgan fingerprint density at radius 1 is 1.55 bits per heavy atom. The number of ether oxygens (including phenoxy) is 3. The van der Waals surface area contributed by atoms with Gasteiger partial charge < -0.3 is 19.3 Å². The maximum atomic E-state index is 9.44. The minimum atomic E-state index is -0.849. The van der Waals surface area contributed by atoms with Crippen LogP contribution in [-0.4, -0.2) is 44.4 Å². The van der Waals surface area contributed by atoms with E-state index in [0.29, 0.717) is 13.0 Å². The molecular weight excluding hydrogens is 148 g/mol. The van der Waals surface area contributed by atoms with Gasteiger partial charge in [-0.2, -0.15) is 0 Å². The van der Waals surface area contributed by atoms with Crippen molar-refractivity contribution in [1.29, 1.82) is 0 Å². The number of hydrogen-bond acceptors (Lipinski definition) is 4. The first-order valence-corrected chi connectivity index (χ1v) is 3.61. The van der Waals surface area contributed by atoms with E-state index in [1.165, 1.54) is 14.2 Å². The molecule has 1 rings (SSSR count). The summed E-state index contributed by atoms with van der Waals surface area (Å²) in [5.41, 5.74) is 0. The Hall–Kier alpha value is -0.160. The summed E-state index contributed by atoms with van der Waals surface area (Å²) in [7, 11) is 3.05. The highest BCUT2D eigenvalue weighted by Gasteiger charge is 2.41. The molecule has 0 bridgehead atoms. The molecule has 1 aliphatic heterocycles. The van der Waals surface area contributed by atoms with Crippen molar-refractivity contribution in [2.24, 2.45) is 0 Å². The quantitative estimate of drug-likeness (QED) is 0.584. The number of hydrogen-bond donors (Lipinski definition) is 1. The van der Waals surface area contributed by atoms with Gasteiger partial charge in [-0.25, -0.2) is 0 Å². The molecule has 0 spiro atoms. The van der Waals surface area contributed by atoms with E-state index in [0.717, 1.165) is 0 Å². The van der Waals surface area contributed by atoms with Gasteiger partial charge in [0, 0.05) is 22.1 Å². The molecule has 0 unspecified atom stereocenters. The van der Waals surface area contributed by atoms with E-state index in [1.807, 2.05) is 0 Å². The van der Waals surface area contributed by atoms with Crippen LogP contribution < -0.4 is 0 Å². The molecule has 1 atom stereocenters. The van der Waals surface area contributed by atoms with Crippen molar-refractivity contribution in [3.05, 3.63) is 0 Å². The molecule has 0 saturated carbocycles. The number of aliphatic hydroxyl groups excluding tert-OH is 1. The maximum Gasteiger partial charge on any atom is 0.198 e. The van der Waals surface area contributed by atoms with Gasteiger partial charge in [-0.05, 0) is 0 Å². The van der Waals surface area contributed by atoms with Gasteiger partial charge in [-0.15, -0.1) is 0 Å². The van der Waals surface area contributed by atoms with E-state index < -0.39 is 11.9 Å². The monoisotopic (exact) mass is 164 g/mol. The molecule has 1 saturated heterocycles. The summed E-state index contributed by atoms with van der Waals surface area (Å²) in [6.45, 7) is 0.848. The number of methoxy groups -OCH3 is 2. The van der Waals surface area contributed by atoms with Crippen molar-refractivity contribution in [2.75, 3.05) is 27.4 Å². The zero-order valence-corrected chi connectivity index (χ0v) is 6.87. The van der Waals surface area contributed by atoms with E-state index >= 15 is 0 Å². The van der Waals surface area contributed by atoms with Crippen molar-refractivity contribution in [3.63, 3.8) is 0 Å². The molecular formula is C7H16O4. The van der Waals surface area contributed by atoms with Gasteiger partial charge in [0.05, 0.1) is 13.2 Å². The lowest BCUT2D eigenvalue weighted by Crippen LogP contribution is -2.52. The summed E-state index contributed by atoms with van der Waals surface area (Å²) in [6, 6.07) is 0. The molecule has 11 heavy (non-hydrogen) atoms.